The Hall–Kier alpha value is -7.20. The third kappa shape index (κ3) is 5.63. The molecule has 2 aromatic heterocycles. The molecular formula is C54H36N2S. The Kier molecular flexibility index (Phi) is 8.04. The third-order valence-corrected chi connectivity index (χ3v) is 12.3. The smallest absolute Gasteiger partial charge is 0.0561 e. The number of nitrogens with zero attached hydrogens (tertiary/aromatic N) is 2. The first-order valence-electron chi connectivity index (χ1n) is 19.4. The Bertz CT molecular complexity index is 3220. The lowest BCUT2D eigenvalue weighted by molar-refractivity contribution is 1.18. The lowest BCUT2D eigenvalue weighted by Crippen LogP contribution is -2.12. The first-order valence-corrected chi connectivity index (χ1v) is 20.3. The second-order valence-corrected chi connectivity index (χ2v) is 15.6. The van der Waals surface area contributed by atoms with Crippen LogP contribution < -0.4 is 4.90 Å². The largest absolute Gasteiger partial charge is 0.310 e. The third-order valence-electron chi connectivity index (χ3n) is 11.2. The molecule has 0 amide bonds. The van der Waals surface area contributed by atoms with E-state index in [1.807, 2.05) is 11.3 Å². The standard InChI is InChI=1S/C54H36N2S/c1-4-16-37(17-5-1)38-28-30-41(31-29-38)55(42-32-33-45-44-23-12-14-26-48(44)56(50(45)36-42)40-20-8-3-9-21-40)49-34-35-52-54(47-25-13-15-27-51(47)57-52)53(49)46-24-11-10-22-43(46)39-18-6-2-7-19-39/h1-36H. The molecule has 0 atom stereocenters. The molecule has 11 rings (SSSR count). The number of anilines is 3. The number of rotatable bonds is 7. The summed E-state index contributed by atoms with van der Waals surface area (Å²) >= 11 is 1.87. The molecule has 2 nitrogen and oxygen atoms in total. The van der Waals surface area contributed by atoms with Gasteiger partial charge in [-0.1, -0.05) is 158 Å². The highest BCUT2D eigenvalue weighted by atomic mass is 32.1. The molecule has 0 aliphatic heterocycles. The number of fused-ring (bicyclic) bond motifs is 6. The highest BCUT2D eigenvalue weighted by molar-refractivity contribution is 7.26. The molecule has 0 fully saturated rings. The van der Waals surface area contributed by atoms with E-state index >= 15 is 0 Å². The van der Waals surface area contributed by atoms with Gasteiger partial charge < -0.3 is 9.47 Å². The van der Waals surface area contributed by atoms with E-state index in [-0.39, 0.29) is 0 Å². The molecule has 0 aliphatic rings. The van der Waals surface area contributed by atoms with E-state index < -0.39 is 0 Å². The van der Waals surface area contributed by atoms with E-state index in [0.717, 1.165) is 22.7 Å². The molecule has 9 aromatic carbocycles. The van der Waals surface area contributed by atoms with Gasteiger partial charge in [0.2, 0.25) is 0 Å². The molecule has 0 unspecified atom stereocenters. The molecule has 2 heterocycles. The topological polar surface area (TPSA) is 8.17 Å². The van der Waals surface area contributed by atoms with Gasteiger partial charge in [0, 0.05) is 53.6 Å². The van der Waals surface area contributed by atoms with Crippen LogP contribution in [0, 0.1) is 0 Å². The van der Waals surface area contributed by atoms with Gasteiger partial charge in [-0.3, -0.25) is 0 Å². The quantitative estimate of drug-likeness (QED) is 0.158. The number of hydrogen-bond acceptors (Lipinski definition) is 2. The number of aromatic nitrogens is 1. The summed E-state index contributed by atoms with van der Waals surface area (Å²) in [6.45, 7) is 0. The molecule has 0 saturated carbocycles. The SMILES string of the molecule is c1ccc(-c2ccc(N(c3ccc4c5ccccc5n(-c5ccccc5)c4c3)c3ccc4sc5ccccc5c4c3-c3ccccc3-c3ccccc3)cc2)cc1. The molecule has 0 saturated heterocycles. The first-order chi connectivity index (χ1) is 28.3. The Labute approximate surface area is 335 Å². The van der Waals surface area contributed by atoms with Crippen LogP contribution in [0.4, 0.5) is 17.1 Å². The molecule has 3 heteroatoms. The van der Waals surface area contributed by atoms with Crippen molar-refractivity contribution < 1.29 is 0 Å². The summed E-state index contributed by atoms with van der Waals surface area (Å²) in [4.78, 5) is 2.48. The van der Waals surface area contributed by atoms with Crippen molar-refractivity contribution in [3.63, 3.8) is 0 Å². The van der Waals surface area contributed by atoms with Crippen LogP contribution in [0.3, 0.4) is 0 Å². The van der Waals surface area contributed by atoms with Gasteiger partial charge >= 0.3 is 0 Å². The fourth-order valence-corrected chi connectivity index (χ4v) is 9.76. The molecule has 0 aliphatic carbocycles. The van der Waals surface area contributed by atoms with Crippen LogP contribution in [0.5, 0.6) is 0 Å². The maximum absolute atomic E-state index is 2.48. The number of benzene rings is 9. The summed E-state index contributed by atoms with van der Waals surface area (Å²) in [5.74, 6) is 0. The summed E-state index contributed by atoms with van der Waals surface area (Å²) < 4.78 is 4.97. The Morgan fingerprint density at radius 2 is 0.947 bits per heavy atom. The van der Waals surface area contributed by atoms with E-state index in [1.54, 1.807) is 0 Å². The Morgan fingerprint density at radius 3 is 1.72 bits per heavy atom. The van der Waals surface area contributed by atoms with Crippen molar-refractivity contribution in [3.05, 3.63) is 218 Å². The predicted molar refractivity (Wildman–Crippen MR) is 245 cm³/mol. The van der Waals surface area contributed by atoms with Crippen molar-refractivity contribution in [1.82, 2.24) is 4.57 Å². The minimum atomic E-state index is 1.09. The van der Waals surface area contributed by atoms with E-state index in [2.05, 4.69) is 228 Å². The zero-order valence-electron chi connectivity index (χ0n) is 31.1. The Morgan fingerprint density at radius 1 is 0.368 bits per heavy atom. The summed E-state index contributed by atoms with van der Waals surface area (Å²) in [6.07, 6.45) is 0. The lowest BCUT2D eigenvalue weighted by Gasteiger charge is -2.29. The average Bonchev–Trinajstić information content (AvgIpc) is 3.83. The van der Waals surface area contributed by atoms with Gasteiger partial charge in [0.1, 0.15) is 0 Å². The van der Waals surface area contributed by atoms with E-state index in [9.17, 15) is 0 Å². The second-order valence-electron chi connectivity index (χ2n) is 14.5. The minimum Gasteiger partial charge on any atom is -0.310 e. The predicted octanol–water partition coefficient (Wildman–Crippen LogP) is 15.6. The lowest BCUT2D eigenvalue weighted by atomic mass is 9.90. The molecule has 0 radical (unpaired) electrons. The van der Waals surface area contributed by atoms with Crippen molar-refractivity contribution >= 4 is 70.4 Å². The van der Waals surface area contributed by atoms with Crippen molar-refractivity contribution in [3.8, 4) is 39.1 Å². The Balaban J connectivity index is 1.23. The zero-order valence-corrected chi connectivity index (χ0v) is 31.9. The highest BCUT2D eigenvalue weighted by Gasteiger charge is 2.25. The van der Waals surface area contributed by atoms with Crippen LogP contribution in [-0.4, -0.2) is 4.57 Å². The van der Waals surface area contributed by atoms with Crippen LogP contribution in [0.1, 0.15) is 0 Å². The van der Waals surface area contributed by atoms with Gasteiger partial charge in [0.05, 0.1) is 16.7 Å². The van der Waals surface area contributed by atoms with Crippen LogP contribution in [0.15, 0.2) is 218 Å². The minimum absolute atomic E-state index is 1.09. The maximum atomic E-state index is 2.48. The number of hydrogen-bond donors (Lipinski definition) is 0. The second kappa shape index (κ2) is 13.8. The number of para-hydroxylation sites is 2. The van der Waals surface area contributed by atoms with Crippen molar-refractivity contribution in [1.29, 1.82) is 0 Å². The van der Waals surface area contributed by atoms with Gasteiger partial charge in [-0.2, -0.15) is 0 Å². The zero-order chi connectivity index (χ0) is 37.7. The summed E-state index contributed by atoms with van der Waals surface area (Å²) in [6, 6.07) is 79.5. The number of thiophene rings is 1. The van der Waals surface area contributed by atoms with Crippen LogP contribution in [0.2, 0.25) is 0 Å². The van der Waals surface area contributed by atoms with Crippen molar-refractivity contribution in [2.75, 3.05) is 4.90 Å². The molecule has 0 bridgehead atoms. The summed E-state index contributed by atoms with van der Waals surface area (Å²) in [5.41, 5.74) is 14.0. The van der Waals surface area contributed by atoms with Gasteiger partial charge in [0.25, 0.3) is 0 Å². The molecular weight excluding hydrogens is 709 g/mol. The fourth-order valence-electron chi connectivity index (χ4n) is 8.65. The van der Waals surface area contributed by atoms with Gasteiger partial charge in [-0.05, 0) is 88.5 Å². The first kappa shape index (κ1) is 33.2. The highest BCUT2D eigenvalue weighted by Crippen LogP contribution is 2.51. The molecule has 57 heavy (non-hydrogen) atoms. The monoisotopic (exact) mass is 744 g/mol. The summed E-state index contributed by atoms with van der Waals surface area (Å²) in [7, 11) is 0. The van der Waals surface area contributed by atoms with Crippen LogP contribution in [-0.2, 0) is 0 Å². The van der Waals surface area contributed by atoms with Crippen LogP contribution in [0.25, 0.3) is 81.0 Å². The van der Waals surface area contributed by atoms with Gasteiger partial charge in [0.15, 0.2) is 0 Å². The van der Waals surface area contributed by atoms with E-state index in [4.69, 9.17) is 0 Å². The maximum Gasteiger partial charge on any atom is 0.0561 e. The fraction of sp³-hybridized carbons (Fsp3) is 0. The molecule has 0 spiro atoms. The average molecular weight is 745 g/mol. The molecule has 11 aromatic rings. The van der Waals surface area contributed by atoms with E-state index in [1.165, 1.54) is 75.4 Å². The summed E-state index contributed by atoms with van der Waals surface area (Å²) in [5, 5.41) is 5.02. The van der Waals surface area contributed by atoms with E-state index in [0.29, 0.717) is 0 Å². The molecule has 268 valence electrons. The van der Waals surface area contributed by atoms with Gasteiger partial charge in [-0.25, -0.2) is 0 Å². The normalized spacial score (nSPS) is 11.5. The molecule has 0 N–H and O–H groups in total. The van der Waals surface area contributed by atoms with Crippen molar-refractivity contribution in [2.45, 2.75) is 0 Å². The van der Waals surface area contributed by atoms with Crippen LogP contribution >= 0.6 is 11.3 Å². The van der Waals surface area contributed by atoms with Crippen molar-refractivity contribution in [2.24, 2.45) is 0 Å². The van der Waals surface area contributed by atoms with Gasteiger partial charge in [-0.15, -0.1) is 11.3 Å².